The molecule has 0 bridgehead atoms. The number of hydrogen-bond acceptors (Lipinski definition) is 2. The fraction of sp³-hybridized carbons (Fsp3) is 0.632. The van der Waals surface area contributed by atoms with E-state index in [0.717, 1.165) is 48.8 Å². The molecule has 0 heterocycles. The van der Waals surface area contributed by atoms with Gasteiger partial charge in [-0.1, -0.05) is 43.2 Å². The molecule has 2 rings (SSSR count). The number of quaternary nitrogens is 1. The summed E-state index contributed by atoms with van der Waals surface area (Å²) in [6.07, 6.45) is 4.56. The van der Waals surface area contributed by atoms with E-state index in [9.17, 15) is 9.90 Å². The molecule has 1 N–H and O–H groups in total. The van der Waals surface area contributed by atoms with Gasteiger partial charge in [0, 0.05) is 0 Å². The van der Waals surface area contributed by atoms with Gasteiger partial charge in [-0.05, 0) is 31.2 Å². The van der Waals surface area contributed by atoms with Crippen molar-refractivity contribution in [2.45, 2.75) is 44.6 Å². The van der Waals surface area contributed by atoms with Crippen LogP contribution in [0.3, 0.4) is 0 Å². The molecule has 4 heteroatoms. The van der Waals surface area contributed by atoms with Gasteiger partial charge in [-0.2, -0.15) is 0 Å². The molecule has 0 amide bonds. The van der Waals surface area contributed by atoms with Gasteiger partial charge in [-0.25, -0.2) is 0 Å². The minimum atomic E-state index is -1.30. The fourth-order valence-electron chi connectivity index (χ4n) is 3.41. The first-order valence-electron chi connectivity index (χ1n) is 8.53. The van der Waals surface area contributed by atoms with Crippen LogP contribution in [-0.4, -0.2) is 42.6 Å². The number of aliphatic hydroxyl groups is 1. The summed E-state index contributed by atoms with van der Waals surface area (Å²) in [5.41, 5.74) is -0.528. The lowest BCUT2D eigenvalue weighted by molar-refractivity contribution is -0.887. The number of rotatable bonds is 7. The Morgan fingerprint density at radius 3 is 2.30 bits per heavy atom. The summed E-state index contributed by atoms with van der Waals surface area (Å²) in [7, 11) is 4.26. The molecule has 1 atom stereocenters. The molecule has 1 aromatic rings. The van der Waals surface area contributed by atoms with Crippen LogP contribution < -0.4 is 12.4 Å². The minimum absolute atomic E-state index is 0. The van der Waals surface area contributed by atoms with Crippen molar-refractivity contribution in [2.75, 3.05) is 27.2 Å². The van der Waals surface area contributed by atoms with E-state index in [4.69, 9.17) is 0 Å². The molecule has 1 saturated carbocycles. The Balaban J connectivity index is 0.00000264. The largest absolute Gasteiger partial charge is 1.00 e. The topological polar surface area (TPSA) is 37.3 Å². The van der Waals surface area contributed by atoms with Crippen molar-refractivity contribution in [3.63, 3.8) is 0 Å². The molecule has 3 nitrogen and oxygen atoms in total. The van der Waals surface area contributed by atoms with Crippen LogP contribution in [0.15, 0.2) is 30.3 Å². The van der Waals surface area contributed by atoms with Crippen molar-refractivity contribution >= 4 is 5.78 Å². The van der Waals surface area contributed by atoms with Crippen LogP contribution in [0.1, 0.15) is 44.6 Å². The fourth-order valence-corrected chi connectivity index (χ4v) is 3.41. The van der Waals surface area contributed by atoms with Crippen molar-refractivity contribution < 1.29 is 26.8 Å². The van der Waals surface area contributed by atoms with Crippen LogP contribution in [0.2, 0.25) is 0 Å². The summed E-state index contributed by atoms with van der Waals surface area (Å²) in [6, 6.07) is 9.55. The molecule has 0 aromatic heterocycles. The second-order valence-electron chi connectivity index (χ2n) is 7.26. The molecule has 23 heavy (non-hydrogen) atoms. The second-order valence-corrected chi connectivity index (χ2v) is 7.26. The number of ketones is 1. The molecule has 1 aromatic carbocycles. The van der Waals surface area contributed by atoms with E-state index in [2.05, 4.69) is 21.0 Å². The standard InChI is InChI=1S/C19H30NO2.ClH/c1-4-20(2,3)15-14-18(21)19(22,17-12-8-9-13-17)16-10-6-5-7-11-16;/h5-7,10-11,17,22H,4,8-9,12-15H2,1-3H3;1H/q+1;/p-1. The van der Waals surface area contributed by atoms with Crippen LogP contribution >= 0.6 is 0 Å². The molecule has 1 aliphatic carbocycles. The molecular weight excluding hydrogens is 310 g/mol. The van der Waals surface area contributed by atoms with Crippen LogP contribution in [-0.2, 0) is 10.4 Å². The zero-order valence-electron chi connectivity index (χ0n) is 14.6. The van der Waals surface area contributed by atoms with Gasteiger partial charge in [0.05, 0.1) is 33.6 Å². The third kappa shape index (κ3) is 4.56. The summed E-state index contributed by atoms with van der Waals surface area (Å²) in [4.78, 5) is 13.0. The van der Waals surface area contributed by atoms with E-state index in [0.29, 0.717) is 6.42 Å². The quantitative estimate of drug-likeness (QED) is 0.717. The van der Waals surface area contributed by atoms with Crippen molar-refractivity contribution in [2.24, 2.45) is 5.92 Å². The molecule has 1 fully saturated rings. The number of hydrogen-bond donors (Lipinski definition) is 1. The van der Waals surface area contributed by atoms with E-state index < -0.39 is 5.60 Å². The second kappa shape index (κ2) is 8.27. The van der Waals surface area contributed by atoms with Gasteiger partial charge in [0.25, 0.3) is 0 Å². The van der Waals surface area contributed by atoms with E-state index >= 15 is 0 Å². The van der Waals surface area contributed by atoms with Crippen LogP contribution in [0.5, 0.6) is 0 Å². The third-order valence-electron chi connectivity index (χ3n) is 5.39. The molecule has 130 valence electrons. The molecule has 0 radical (unpaired) electrons. The van der Waals surface area contributed by atoms with E-state index in [1.807, 2.05) is 30.3 Å². The zero-order valence-corrected chi connectivity index (χ0v) is 15.4. The Morgan fingerprint density at radius 2 is 1.78 bits per heavy atom. The normalized spacial score (nSPS) is 18.3. The van der Waals surface area contributed by atoms with Gasteiger partial charge >= 0.3 is 0 Å². The number of carbonyl (C=O) groups excluding carboxylic acids is 1. The van der Waals surface area contributed by atoms with Gasteiger partial charge in [-0.3, -0.25) is 4.79 Å². The molecule has 1 aliphatic rings. The summed E-state index contributed by atoms with van der Waals surface area (Å²) in [6.45, 7) is 3.89. The highest BCUT2D eigenvalue weighted by Crippen LogP contribution is 2.41. The predicted octanol–water partition coefficient (Wildman–Crippen LogP) is 0.124. The predicted molar refractivity (Wildman–Crippen MR) is 89.4 cm³/mol. The lowest BCUT2D eigenvalue weighted by Crippen LogP contribution is -3.00. The number of nitrogens with zero attached hydrogens (tertiary/aromatic N) is 1. The van der Waals surface area contributed by atoms with Crippen LogP contribution in [0.25, 0.3) is 0 Å². The van der Waals surface area contributed by atoms with Gasteiger partial charge in [0.1, 0.15) is 0 Å². The Kier molecular flexibility index (Phi) is 7.25. The first-order chi connectivity index (χ1) is 10.4. The molecule has 0 spiro atoms. The highest BCUT2D eigenvalue weighted by atomic mass is 35.5. The van der Waals surface area contributed by atoms with Crippen molar-refractivity contribution in [1.82, 2.24) is 0 Å². The Morgan fingerprint density at radius 1 is 1.22 bits per heavy atom. The maximum Gasteiger partial charge on any atom is 0.174 e. The van der Waals surface area contributed by atoms with Gasteiger partial charge in [-0.15, -0.1) is 0 Å². The highest BCUT2D eigenvalue weighted by molar-refractivity contribution is 5.88. The van der Waals surface area contributed by atoms with E-state index in [1.165, 1.54) is 0 Å². The van der Waals surface area contributed by atoms with Gasteiger partial charge in [0.15, 0.2) is 11.4 Å². The first-order valence-corrected chi connectivity index (χ1v) is 8.53. The number of halogens is 1. The van der Waals surface area contributed by atoms with E-state index in [-0.39, 0.29) is 24.1 Å². The maximum atomic E-state index is 13.0. The number of benzene rings is 1. The zero-order chi connectivity index (χ0) is 16.2. The Labute approximate surface area is 146 Å². The van der Waals surface area contributed by atoms with Crippen molar-refractivity contribution in [3.05, 3.63) is 35.9 Å². The summed E-state index contributed by atoms with van der Waals surface area (Å²) in [5.74, 6) is 0.0601. The van der Waals surface area contributed by atoms with Gasteiger partial charge in [0.2, 0.25) is 0 Å². The SMILES string of the molecule is CC[N+](C)(C)CCC(=O)C(O)(c1ccccc1)C1CCCC1.[Cl-]. The summed E-state index contributed by atoms with van der Waals surface area (Å²) >= 11 is 0. The first kappa shape index (κ1) is 20.1. The number of Topliss-reactive ketones (excluding diaryl/α,β-unsaturated/α-hetero) is 1. The lowest BCUT2D eigenvalue weighted by atomic mass is 9.76. The summed E-state index contributed by atoms with van der Waals surface area (Å²) in [5, 5.41) is 11.4. The molecular formula is C19H30ClNO2. The minimum Gasteiger partial charge on any atom is -1.00 e. The van der Waals surface area contributed by atoms with Crippen molar-refractivity contribution in [1.29, 1.82) is 0 Å². The van der Waals surface area contributed by atoms with Crippen LogP contribution in [0.4, 0.5) is 0 Å². The number of carbonyl (C=O) groups is 1. The van der Waals surface area contributed by atoms with Crippen molar-refractivity contribution in [3.8, 4) is 0 Å². The molecule has 1 unspecified atom stereocenters. The average molecular weight is 340 g/mol. The third-order valence-corrected chi connectivity index (χ3v) is 5.39. The summed E-state index contributed by atoms with van der Waals surface area (Å²) < 4.78 is 0.807. The Hall–Kier alpha value is -0.900. The Bertz CT molecular complexity index is 497. The maximum absolute atomic E-state index is 13.0. The monoisotopic (exact) mass is 339 g/mol. The van der Waals surface area contributed by atoms with E-state index in [1.54, 1.807) is 0 Å². The molecule has 0 aliphatic heterocycles. The lowest BCUT2D eigenvalue weighted by Gasteiger charge is -2.35. The van der Waals surface area contributed by atoms with Crippen LogP contribution in [0, 0.1) is 5.92 Å². The van der Waals surface area contributed by atoms with Gasteiger partial charge < -0.3 is 22.0 Å². The molecule has 0 saturated heterocycles. The smallest absolute Gasteiger partial charge is 0.174 e. The average Bonchev–Trinajstić information content (AvgIpc) is 3.07. The highest BCUT2D eigenvalue weighted by Gasteiger charge is 2.45.